The molecule has 1 aromatic rings. The highest BCUT2D eigenvalue weighted by molar-refractivity contribution is 5.68. The molecule has 0 radical (unpaired) electrons. The Bertz CT molecular complexity index is 631. The lowest BCUT2D eigenvalue weighted by molar-refractivity contribution is -0.137. The summed E-state index contributed by atoms with van der Waals surface area (Å²) in [4.78, 5) is 13.8. The highest BCUT2D eigenvalue weighted by Gasteiger charge is 2.33. The molecule has 166 valence electrons. The normalized spacial score (nSPS) is 19.2. The van der Waals surface area contributed by atoms with Crippen molar-refractivity contribution in [3.05, 3.63) is 41.5 Å². The maximum absolute atomic E-state index is 12.6. The van der Waals surface area contributed by atoms with E-state index in [9.17, 15) is 18.0 Å². The maximum atomic E-state index is 12.6. The zero-order valence-corrected chi connectivity index (χ0v) is 18.9. The number of rotatable bonds is 2. The third-order valence-corrected chi connectivity index (χ3v) is 4.10. The van der Waals surface area contributed by atoms with Gasteiger partial charge in [-0.3, -0.25) is 0 Å². The van der Waals surface area contributed by atoms with Gasteiger partial charge in [0, 0.05) is 13.1 Å². The maximum Gasteiger partial charge on any atom is 0.416 e. The molecule has 1 heterocycles. The Labute approximate surface area is 173 Å². The Hall–Kier alpha value is -1.98. The van der Waals surface area contributed by atoms with Crippen molar-refractivity contribution in [2.75, 3.05) is 13.1 Å². The van der Waals surface area contributed by atoms with E-state index >= 15 is 0 Å². The number of likely N-dealkylation sites (tertiary alicyclic amines) is 1. The molecule has 1 aromatic carbocycles. The van der Waals surface area contributed by atoms with Crippen LogP contribution in [0.3, 0.4) is 0 Å². The second-order valence-corrected chi connectivity index (χ2v) is 7.51. The van der Waals surface area contributed by atoms with E-state index < -0.39 is 17.3 Å². The zero-order chi connectivity index (χ0) is 22.8. The second kappa shape index (κ2) is 11.9. The molecule has 6 heteroatoms. The average Bonchev–Trinajstić information content (AvgIpc) is 3.03. The van der Waals surface area contributed by atoms with Gasteiger partial charge in [-0.25, -0.2) is 4.79 Å². The van der Waals surface area contributed by atoms with E-state index in [1.807, 2.05) is 61.5 Å². The number of amides is 1. The summed E-state index contributed by atoms with van der Waals surface area (Å²) in [6.45, 7) is 16.7. The molecule has 1 amide bonds. The molecule has 1 aliphatic rings. The fourth-order valence-electron chi connectivity index (χ4n) is 2.74. The molecule has 0 aromatic heterocycles. The summed E-state index contributed by atoms with van der Waals surface area (Å²) in [5, 5.41) is 0. The summed E-state index contributed by atoms with van der Waals surface area (Å²) in [6.07, 6.45) is -0.891. The van der Waals surface area contributed by atoms with Crippen LogP contribution >= 0.6 is 0 Å². The average molecular weight is 416 g/mol. The molecule has 0 bridgehead atoms. The highest BCUT2D eigenvalue weighted by Crippen LogP contribution is 2.30. The number of halogens is 3. The van der Waals surface area contributed by atoms with E-state index in [1.54, 1.807) is 11.0 Å². The Balaban J connectivity index is 0.00000184. The molecule has 2 unspecified atom stereocenters. The molecule has 1 saturated heterocycles. The minimum Gasteiger partial charge on any atom is -0.444 e. The summed E-state index contributed by atoms with van der Waals surface area (Å²) in [5.41, 5.74) is -0.486. The van der Waals surface area contributed by atoms with Crippen LogP contribution in [0.2, 0.25) is 0 Å². The highest BCUT2D eigenvalue weighted by atomic mass is 19.4. The van der Waals surface area contributed by atoms with Crippen LogP contribution in [0, 0.1) is 11.8 Å². The topological polar surface area (TPSA) is 29.5 Å². The van der Waals surface area contributed by atoms with E-state index in [-0.39, 0.29) is 17.9 Å². The van der Waals surface area contributed by atoms with Crippen LogP contribution in [0.1, 0.15) is 66.5 Å². The van der Waals surface area contributed by atoms with Crippen molar-refractivity contribution in [3.63, 3.8) is 0 Å². The number of benzene rings is 1. The Kier molecular flexibility index (Phi) is 11.1. The lowest BCUT2D eigenvalue weighted by Crippen LogP contribution is -2.35. The molecule has 1 aliphatic heterocycles. The van der Waals surface area contributed by atoms with Crippen LogP contribution in [-0.4, -0.2) is 29.7 Å². The molecule has 29 heavy (non-hydrogen) atoms. The molecule has 2 atom stereocenters. The molecular formula is C23H36F3NO2. The number of carbonyl (C=O) groups excluding carboxylic acids is 1. The number of hydrogen-bond donors (Lipinski definition) is 0. The van der Waals surface area contributed by atoms with Crippen LogP contribution in [0.25, 0.3) is 6.08 Å². The molecule has 0 spiro atoms. The minimum absolute atomic E-state index is 0.148. The van der Waals surface area contributed by atoms with Crippen LogP contribution < -0.4 is 0 Å². The summed E-state index contributed by atoms with van der Waals surface area (Å²) in [6, 6.07) is 5.05. The molecule has 2 rings (SSSR count). The van der Waals surface area contributed by atoms with E-state index in [4.69, 9.17) is 4.74 Å². The summed E-state index contributed by atoms with van der Waals surface area (Å²) >= 11 is 0. The molecule has 3 nitrogen and oxygen atoms in total. The van der Waals surface area contributed by atoms with Gasteiger partial charge in [-0.05, 0) is 50.3 Å². The van der Waals surface area contributed by atoms with Crippen molar-refractivity contribution in [2.45, 2.75) is 67.2 Å². The van der Waals surface area contributed by atoms with Gasteiger partial charge in [0.05, 0.1) is 5.56 Å². The molecular weight excluding hydrogens is 379 g/mol. The van der Waals surface area contributed by atoms with Gasteiger partial charge in [-0.2, -0.15) is 13.2 Å². The third kappa shape index (κ3) is 9.37. The van der Waals surface area contributed by atoms with E-state index in [2.05, 4.69) is 0 Å². The number of hydrogen-bond acceptors (Lipinski definition) is 2. The first kappa shape index (κ1) is 27.0. The van der Waals surface area contributed by atoms with Crippen molar-refractivity contribution < 1.29 is 22.7 Å². The fraction of sp³-hybridized carbons (Fsp3) is 0.609. The Morgan fingerprint density at radius 3 is 2.00 bits per heavy atom. The van der Waals surface area contributed by atoms with Crippen LogP contribution in [0.15, 0.2) is 30.3 Å². The van der Waals surface area contributed by atoms with Crippen molar-refractivity contribution in [2.24, 2.45) is 11.8 Å². The van der Waals surface area contributed by atoms with Crippen molar-refractivity contribution in [3.8, 4) is 0 Å². The van der Waals surface area contributed by atoms with Crippen LogP contribution in [0.5, 0.6) is 0 Å². The number of ether oxygens (including phenoxy) is 1. The minimum atomic E-state index is -4.32. The van der Waals surface area contributed by atoms with Crippen molar-refractivity contribution >= 4 is 12.2 Å². The second-order valence-electron chi connectivity index (χ2n) is 7.51. The van der Waals surface area contributed by atoms with E-state index in [0.717, 1.165) is 12.1 Å². The molecule has 0 N–H and O–H groups in total. The quantitative estimate of drug-likeness (QED) is 0.508. The number of alkyl halides is 3. The van der Waals surface area contributed by atoms with Gasteiger partial charge in [-0.15, -0.1) is 0 Å². The molecule has 0 aliphatic carbocycles. The zero-order valence-electron chi connectivity index (χ0n) is 18.9. The monoisotopic (exact) mass is 415 g/mol. The van der Waals surface area contributed by atoms with Crippen LogP contribution in [-0.2, 0) is 10.9 Å². The first-order valence-electron chi connectivity index (χ1n) is 10.3. The predicted octanol–water partition coefficient (Wildman–Crippen LogP) is 7.27. The summed E-state index contributed by atoms with van der Waals surface area (Å²) in [5.74, 6) is 0.410. The first-order chi connectivity index (χ1) is 13.5. The third-order valence-electron chi connectivity index (χ3n) is 4.10. The summed E-state index contributed by atoms with van der Waals surface area (Å²) < 4.78 is 43.1. The van der Waals surface area contributed by atoms with Gasteiger partial charge in [-0.1, -0.05) is 58.9 Å². The van der Waals surface area contributed by atoms with E-state index in [0.29, 0.717) is 18.7 Å². The van der Waals surface area contributed by atoms with Crippen LogP contribution in [0.4, 0.5) is 18.0 Å². The van der Waals surface area contributed by atoms with Gasteiger partial charge in [0.15, 0.2) is 0 Å². The standard InChI is InChI=1S/C19H24F3NO2.2C2H6/c1-13-11-23(17(24)25-18(2,3)4)12-15(13)8-5-14-6-9-16(10-7-14)19(20,21)22;2*1-2/h5-10,13,15H,11-12H2,1-4H3;2*1-2H3/b8-5+;;. The van der Waals surface area contributed by atoms with Crippen molar-refractivity contribution in [1.29, 1.82) is 0 Å². The largest absolute Gasteiger partial charge is 0.444 e. The Morgan fingerprint density at radius 1 is 1.03 bits per heavy atom. The van der Waals surface area contributed by atoms with Gasteiger partial charge in [0.1, 0.15) is 5.60 Å². The number of carbonyl (C=O) groups is 1. The smallest absolute Gasteiger partial charge is 0.416 e. The lowest BCUT2D eigenvalue weighted by Gasteiger charge is -2.24. The van der Waals surface area contributed by atoms with Gasteiger partial charge in [0.2, 0.25) is 0 Å². The van der Waals surface area contributed by atoms with Gasteiger partial charge >= 0.3 is 12.3 Å². The molecule has 0 saturated carbocycles. The number of nitrogens with zero attached hydrogens (tertiary/aromatic N) is 1. The molecule has 1 fully saturated rings. The predicted molar refractivity (Wildman–Crippen MR) is 114 cm³/mol. The first-order valence-corrected chi connectivity index (χ1v) is 10.3. The van der Waals surface area contributed by atoms with Crippen molar-refractivity contribution in [1.82, 2.24) is 4.90 Å². The van der Waals surface area contributed by atoms with Gasteiger partial charge in [0.25, 0.3) is 0 Å². The SMILES string of the molecule is CC.CC.CC1CN(C(=O)OC(C)(C)C)CC1/C=C/c1ccc(C(F)(F)F)cc1. The Morgan fingerprint density at radius 2 is 1.55 bits per heavy atom. The lowest BCUT2D eigenvalue weighted by atomic mass is 9.97. The van der Waals surface area contributed by atoms with E-state index in [1.165, 1.54) is 12.1 Å². The summed E-state index contributed by atoms with van der Waals surface area (Å²) in [7, 11) is 0. The van der Waals surface area contributed by atoms with Gasteiger partial charge < -0.3 is 9.64 Å². The fourth-order valence-corrected chi connectivity index (χ4v) is 2.74.